The Bertz CT molecular complexity index is 1300. The van der Waals surface area contributed by atoms with E-state index in [0.717, 1.165) is 28.2 Å². The molecule has 2 aromatic heterocycles. The predicted molar refractivity (Wildman–Crippen MR) is 127 cm³/mol. The lowest BCUT2D eigenvalue weighted by atomic mass is 10.1. The van der Waals surface area contributed by atoms with Crippen molar-refractivity contribution in [3.8, 4) is 16.3 Å². The fraction of sp³-hybridized carbons (Fsp3) is 0.120. The monoisotopic (exact) mass is 459 g/mol. The van der Waals surface area contributed by atoms with Crippen LogP contribution < -0.4 is 10.1 Å². The van der Waals surface area contributed by atoms with Crippen LogP contribution in [0.3, 0.4) is 0 Å². The van der Waals surface area contributed by atoms with Crippen LogP contribution in [-0.4, -0.2) is 27.0 Å². The molecule has 33 heavy (non-hydrogen) atoms. The summed E-state index contributed by atoms with van der Waals surface area (Å²) in [5.74, 6) is -0.610. The molecule has 8 heteroatoms. The van der Waals surface area contributed by atoms with Gasteiger partial charge in [0, 0.05) is 23.0 Å². The Balaban J connectivity index is 1.46. The van der Waals surface area contributed by atoms with Gasteiger partial charge in [0.25, 0.3) is 5.91 Å². The van der Waals surface area contributed by atoms with Gasteiger partial charge >= 0.3 is 5.97 Å². The molecule has 0 radical (unpaired) electrons. The molecule has 0 bridgehead atoms. The van der Waals surface area contributed by atoms with Gasteiger partial charge in [0.05, 0.1) is 11.4 Å². The molecule has 0 saturated carbocycles. The highest BCUT2D eigenvalue weighted by molar-refractivity contribution is 7.17. The number of amides is 1. The molecule has 2 heterocycles. The van der Waals surface area contributed by atoms with E-state index in [4.69, 9.17) is 4.74 Å². The number of carboxylic acid groups (broad SMARTS) is 1. The number of carboxylic acids is 1. The summed E-state index contributed by atoms with van der Waals surface area (Å²) in [5.41, 5.74) is 4.05. The lowest BCUT2D eigenvalue weighted by Gasteiger charge is -2.11. The standard InChI is InChI=1S/C25H21N3O4S/c1-15-6-7-18(24-27-16(2)22(33-24)25(30)31)13-21(15)28-23(29)17-8-10-20(11-9-17)32-14-19-5-3-4-12-26-19/h3-13H,14H2,1-2H3,(H,28,29)(H,30,31). The second kappa shape index (κ2) is 9.62. The summed E-state index contributed by atoms with van der Waals surface area (Å²) in [6.07, 6.45) is 1.71. The minimum atomic E-state index is -0.996. The molecule has 0 spiro atoms. The molecule has 7 nitrogen and oxygen atoms in total. The highest BCUT2D eigenvalue weighted by atomic mass is 32.1. The summed E-state index contributed by atoms with van der Waals surface area (Å²) in [7, 11) is 0. The van der Waals surface area contributed by atoms with Gasteiger partial charge in [-0.3, -0.25) is 9.78 Å². The molecular formula is C25H21N3O4S. The number of thiazole rings is 1. The molecule has 4 rings (SSSR count). The first-order valence-electron chi connectivity index (χ1n) is 10.2. The number of ether oxygens (including phenoxy) is 1. The molecule has 166 valence electrons. The zero-order valence-corrected chi connectivity index (χ0v) is 18.8. The SMILES string of the molecule is Cc1ccc(-c2nc(C)c(C(=O)O)s2)cc1NC(=O)c1ccc(OCc2ccccn2)cc1. The maximum absolute atomic E-state index is 12.8. The first kappa shape index (κ1) is 22.2. The number of benzene rings is 2. The predicted octanol–water partition coefficient (Wildman–Crippen LogP) is 5.35. The van der Waals surface area contributed by atoms with Gasteiger partial charge in [-0.1, -0.05) is 18.2 Å². The van der Waals surface area contributed by atoms with Gasteiger partial charge in [0.2, 0.25) is 0 Å². The third kappa shape index (κ3) is 5.24. The largest absolute Gasteiger partial charge is 0.487 e. The third-order valence-corrected chi connectivity index (χ3v) is 6.15. The molecule has 0 unspecified atom stereocenters. The average Bonchev–Trinajstić information content (AvgIpc) is 3.22. The van der Waals surface area contributed by atoms with Crippen LogP contribution in [-0.2, 0) is 6.61 Å². The Kier molecular flexibility index (Phi) is 6.46. The fourth-order valence-corrected chi connectivity index (χ4v) is 4.05. The van der Waals surface area contributed by atoms with E-state index >= 15 is 0 Å². The number of nitrogens with one attached hydrogen (secondary N) is 1. The maximum Gasteiger partial charge on any atom is 0.347 e. The lowest BCUT2D eigenvalue weighted by Crippen LogP contribution is -2.12. The first-order chi connectivity index (χ1) is 15.9. The Morgan fingerprint density at radius 2 is 1.85 bits per heavy atom. The minimum Gasteiger partial charge on any atom is -0.487 e. The Labute approximate surface area is 194 Å². The number of carbonyl (C=O) groups is 2. The van der Waals surface area contributed by atoms with Crippen LogP contribution in [0.15, 0.2) is 66.9 Å². The van der Waals surface area contributed by atoms with Gasteiger partial charge < -0.3 is 15.2 Å². The molecule has 0 aliphatic heterocycles. The summed E-state index contributed by atoms with van der Waals surface area (Å²) >= 11 is 1.11. The van der Waals surface area contributed by atoms with Crippen LogP contribution in [0.1, 0.15) is 37.0 Å². The maximum atomic E-state index is 12.8. The number of nitrogens with zero attached hydrogens (tertiary/aromatic N) is 2. The van der Waals surface area contributed by atoms with Crippen LogP contribution in [0.5, 0.6) is 5.75 Å². The van der Waals surface area contributed by atoms with Crippen molar-refractivity contribution >= 4 is 28.9 Å². The Morgan fingerprint density at radius 3 is 2.52 bits per heavy atom. The number of rotatable bonds is 7. The normalized spacial score (nSPS) is 10.6. The van der Waals surface area contributed by atoms with Gasteiger partial charge in [-0.25, -0.2) is 9.78 Å². The van der Waals surface area contributed by atoms with Crippen molar-refractivity contribution in [3.63, 3.8) is 0 Å². The molecular weight excluding hydrogens is 438 g/mol. The van der Waals surface area contributed by atoms with Crippen molar-refractivity contribution in [2.24, 2.45) is 0 Å². The molecule has 2 N–H and O–H groups in total. The Hall–Kier alpha value is -4.04. The van der Waals surface area contributed by atoms with E-state index in [0.29, 0.717) is 34.3 Å². The average molecular weight is 460 g/mol. The topological polar surface area (TPSA) is 101 Å². The van der Waals surface area contributed by atoms with Crippen molar-refractivity contribution in [1.82, 2.24) is 9.97 Å². The number of hydrogen-bond acceptors (Lipinski definition) is 6. The first-order valence-corrected chi connectivity index (χ1v) is 11.0. The summed E-state index contributed by atoms with van der Waals surface area (Å²) < 4.78 is 5.72. The van der Waals surface area contributed by atoms with Crippen LogP contribution in [0.4, 0.5) is 5.69 Å². The van der Waals surface area contributed by atoms with Gasteiger partial charge in [0.15, 0.2) is 0 Å². The summed E-state index contributed by atoms with van der Waals surface area (Å²) in [6, 6.07) is 18.1. The van der Waals surface area contributed by atoms with E-state index in [1.807, 2.05) is 43.3 Å². The zero-order valence-electron chi connectivity index (χ0n) is 18.0. The fourth-order valence-electron chi connectivity index (χ4n) is 3.15. The number of aromatic nitrogens is 2. The molecule has 0 aliphatic carbocycles. The van der Waals surface area contributed by atoms with Crippen LogP contribution in [0.2, 0.25) is 0 Å². The van der Waals surface area contributed by atoms with Crippen LogP contribution in [0.25, 0.3) is 10.6 Å². The van der Waals surface area contributed by atoms with E-state index in [2.05, 4.69) is 15.3 Å². The smallest absolute Gasteiger partial charge is 0.347 e. The molecule has 0 aliphatic rings. The summed E-state index contributed by atoms with van der Waals surface area (Å²) in [4.78, 5) is 32.9. The van der Waals surface area contributed by atoms with Gasteiger partial charge in [-0.05, 0) is 61.9 Å². The quantitative estimate of drug-likeness (QED) is 0.386. The third-order valence-electron chi connectivity index (χ3n) is 4.95. The molecule has 2 aromatic carbocycles. The van der Waals surface area contributed by atoms with Gasteiger partial charge in [-0.2, -0.15) is 0 Å². The van der Waals surface area contributed by atoms with Crippen molar-refractivity contribution in [2.75, 3.05) is 5.32 Å². The van der Waals surface area contributed by atoms with Gasteiger partial charge in [-0.15, -0.1) is 11.3 Å². The number of aryl methyl sites for hydroxylation is 2. The van der Waals surface area contributed by atoms with Crippen molar-refractivity contribution in [1.29, 1.82) is 0 Å². The van der Waals surface area contributed by atoms with Crippen LogP contribution in [0, 0.1) is 13.8 Å². The second-order valence-corrected chi connectivity index (χ2v) is 8.36. The lowest BCUT2D eigenvalue weighted by molar-refractivity contribution is 0.0701. The van der Waals surface area contributed by atoms with Crippen molar-refractivity contribution < 1.29 is 19.4 Å². The number of carbonyl (C=O) groups excluding carboxylic acids is 1. The molecule has 0 saturated heterocycles. The second-order valence-electron chi connectivity index (χ2n) is 7.36. The number of pyridine rings is 1. The number of anilines is 1. The van der Waals surface area contributed by atoms with E-state index in [-0.39, 0.29) is 10.8 Å². The summed E-state index contributed by atoms with van der Waals surface area (Å²) in [5, 5.41) is 12.8. The summed E-state index contributed by atoms with van der Waals surface area (Å²) in [6.45, 7) is 3.91. The zero-order chi connectivity index (χ0) is 23.4. The Morgan fingerprint density at radius 1 is 1.06 bits per heavy atom. The van der Waals surface area contributed by atoms with E-state index in [1.54, 1.807) is 37.4 Å². The van der Waals surface area contributed by atoms with E-state index in [9.17, 15) is 14.7 Å². The van der Waals surface area contributed by atoms with E-state index < -0.39 is 5.97 Å². The molecule has 4 aromatic rings. The number of aromatic carboxylic acids is 1. The highest BCUT2D eigenvalue weighted by Gasteiger charge is 2.16. The molecule has 1 amide bonds. The molecule has 0 fully saturated rings. The van der Waals surface area contributed by atoms with Crippen molar-refractivity contribution in [3.05, 3.63) is 94.3 Å². The van der Waals surface area contributed by atoms with Crippen molar-refractivity contribution in [2.45, 2.75) is 20.5 Å². The van der Waals surface area contributed by atoms with E-state index in [1.165, 1.54) is 0 Å². The van der Waals surface area contributed by atoms with Crippen LogP contribution >= 0.6 is 11.3 Å². The highest BCUT2D eigenvalue weighted by Crippen LogP contribution is 2.31. The van der Waals surface area contributed by atoms with Gasteiger partial charge in [0.1, 0.15) is 22.2 Å². The minimum absolute atomic E-state index is 0.210. The molecule has 0 atom stereocenters. The number of hydrogen-bond donors (Lipinski definition) is 2.